The van der Waals surface area contributed by atoms with Gasteiger partial charge in [0.25, 0.3) is 0 Å². The number of hydrogen-bond donors (Lipinski definition) is 0. The van der Waals surface area contributed by atoms with Crippen molar-refractivity contribution in [2.45, 2.75) is 19.3 Å². The summed E-state index contributed by atoms with van der Waals surface area (Å²) in [6.07, 6.45) is 0. The zero-order chi connectivity index (χ0) is 12.0. The van der Waals surface area contributed by atoms with Gasteiger partial charge in [0.15, 0.2) is 0 Å². The second kappa shape index (κ2) is 3.36. The molecule has 0 N–H and O–H groups in total. The molecule has 0 amide bonds. The topological polar surface area (TPSA) is 9.23 Å². The normalized spacial score (nSPS) is 15.2. The highest BCUT2D eigenvalue weighted by Crippen LogP contribution is 2.51. The number of fused-ring (bicyclic) bond motifs is 3. The lowest BCUT2D eigenvalue weighted by Crippen LogP contribution is -2.16. The van der Waals surface area contributed by atoms with E-state index < -0.39 is 0 Å². The molecule has 0 aliphatic heterocycles. The summed E-state index contributed by atoms with van der Waals surface area (Å²) in [7, 11) is 1.74. The Morgan fingerprint density at radius 2 is 1.59 bits per heavy atom. The van der Waals surface area contributed by atoms with Crippen molar-refractivity contribution < 1.29 is 4.74 Å². The van der Waals surface area contributed by atoms with Crippen molar-refractivity contribution in [3.8, 4) is 16.9 Å². The van der Waals surface area contributed by atoms with E-state index >= 15 is 0 Å². The summed E-state index contributed by atoms with van der Waals surface area (Å²) >= 11 is 0. The molecule has 2 aromatic carbocycles. The number of benzene rings is 2. The molecule has 3 rings (SSSR count). The Hall–Kier alpha value is -1.76. The van der Waals surface area contributed by atoms with Crippen molar-refractivity contribution in [1.29, 1.82) is 0 Å². The largest absolute Gasteiger partial charge is 0.496 e. The van der Waals surface area contributed by atoms with Gasteiger partial charge in [-0.1, -0.05) is 50.2 Å². The molecule has 0 unspecified atom stereocenters. The van der Waals surface area contributed by atoms with E-state index in [9.17, 15) is 0 Å². The highest BCUT2D eigenvalue weighted by atomic mass is 16.5. The van der Waals surface area contributed by atoms with Crippen LogP contribution in [0.2, 0.25) is 0 Å². The standard InChI is InChI=1S/C16H16O/c1-16(2)13-9-5-4-7-11(13)12-8-6-10-14(17-3)15(12)16/h4-10H,1-3H3. The average Bonchev–Trinajstić information content (AvgIpc) is 2.60. The highest BCUT2D eigenvalue weighted by molar-refractivity contribution is 5.82. The maximum absolute atomic E-state index is 5.52. The number of methoxy groups -OCH3 is 1. The average molecular weight is 224 g/mol. The van der Waals surface area contributed by atoms with Gasteiger partial charge in [-0.2, -0.15) is 0 Å². The lowest BCUT2D eigenvalue weighted by atomic mass is 9.82. The summed E-state index contributed by atoms with van der Waals surface area (Å²) in [5.74, 6) is 0.990. The Balaban J connectivity index is 2.39. The second-order valence-corrected chi connectivity index (χ2v) is 5.05. The van der Waals surface area contributed by atoms with E-state index in [2.05, 4.69) is 50.2 Å². The van der Waals surface area contributed by atoms with E-state index in [1.165, 1.54) is 22.3 Å². The molecule has 0 fully saturated rings. The minimum atomic E-state index is 0.0263. The molecule has 1 heteroatoms. The molecule has 0 radical (unpaired) electrons. The van der Waals surface area contributed by atoms with Crippen molar-refractivity contribution in [1.82, 2.24) is 0 Å². The molecule has 2 aromatic rings. The Morgan fingerprint density at radius 1 is 0.882 bits per heavy atom. The molecule has 0 heterocycles. The number of ether oxygens (including phenoxy) is 1. The molecule has 0 atom stereocenters. The van der Waals surface area contributed by atoms with Gasteiger partial charge in [-0.25, -0.2) is 0 Å². The van der Waals surface area contributed by atoms with E-state index in [4.69, 9.17) is 4.74 Å². The fourth-order valence-electron chi connectivity index (χ4n) is 2.97. The first-order chi connectivity index (χ1) is 8.16. The van der Waals surface area contributed by atoms with Gasteiger partial charge < -0.3 is 4.74 Å². The van der Waals surface area contributed by atoms with E-state index in [0.29, 0.717) is 0 Å². The first-order valence-electron chi connectivity index (χ1n) is 5.93. The first kappa shape index (κ1) is 10.4. The van der Waals surface area contributed by atoms with Gasteiger partial charge in [-0.3, -0.25) is 0 Å². The van der Waals surface area contributed by atoms with E-state index in [1.807, 2.05) is 6.07 Å². The van der Waals surface area contributed by atoms with Crippen LogP contribution in [0.25, 0.3) is 11.1 Å². The number of hydrogen-bond acceptors (Lipinski definition) is 1. The van der Waals surface area contributed by atoms with E-state index in [0.717, 1.165) is 5.75 Å². The predicted molar refractivity (Wildman–Crippen MR) is 70.6 cm³/mol. The summed E-state index contributed by atoms with van der Waals surface area (Å²) in [5.41, 5.74) is 5.37. The molecule has 86 valence electrons. The molecule has 0 saturated heterocycles. The van der Waals surface area contributed by atoms with Gasteiger partial charge >= 0.3 is 0 Å². The van der Waals surface area contributed by atoms with Gasteiger partial charge in [-0.15, -0.1) is 0 Å². The van der Waals surface area contributed by atoms with Crippen LogP contribution < -0.4 is 4.74 Å². The smallest absolute Gasteiger partial charge is 0.123 e. The maximum Gasteiger partial charge on any atom is 0.123 e. The minimum Gasteiger partial charge on any atom is -0.496 e. The molecule has 0 aromatic heterocycles. The maximum atomic E-state index is 5.52. The van der Waals surface area contributed by atoms with Gasteiger partial charge in [-0.05, 0) is 22.8 Å². The first-order valence-corrected chi connectivity index (χ1v) is 5.93. The van der Waals surface area contributed by atoms with Gasteiger partial charge in [0.2, 0.25) is 0 Å². The van der Waals surface area contributed by atoms with Gasteiger partial charge in [0.05, 0.1) is 7.11 Å². The molecular formula is C16H16O. The van der Waals surface area contributed by atoms with Gasteiger partial charge in [0, 0.05) is 11.0 Å². The van der Waals surface area contributed by atoms with Crippen LogP contribution in [0.1, 0.15) is 25.0 Å². The fraction of sp³-hybridized carbons (Fsp3) is 0.250. The van der Waals surface area contributed by atoms with Crippen LogP contribution in [0, 0.1) is 0 Å². The van der Waals surface area contributed by atoms with Crippen LogP contribution in [0.4, 0.5) is 0 Å². The monoisotopic (exact) mass is 224 g/mol. The molecule has 17 heavy (non-hydrogen) atoms. The third-order valence-corrected chi connectivity index (χ3v) is 3.76. The Bertz CT molecular complexity index is 582. The van der Waals surface area contributed by atoms with E-state index in [-0.39, 0.29) is 5.41 Å². The highest BCUT2D eigenvalue weighted by Gasteiger charge is 2.37. The van der Waals surface area contributed by atoms with Crippen molar-refractivity contribution in [2.75, 3.05) is 7.11 Å². The fourth-order valence-corrected chi connectivity index (χ4v) is 2.97. The molecular weight excluding hydrogens is 208 g/mol. The molecule has 0 saturated carbocycles. The number of rotatable bonds is 1. The lowest BCUT2D eigenvalue weighted by Gasteiger charge is -2.23. The van der Waals surface area contributed by atoms with E-state index in [1.54, 1.807) is 7.11 Å². The molecule has 1 aliphatic rings. The van der Waals surface area contributed by atoms with Crippen LogP contribution >= 0.6 is 0 Å². The van der Waals surface area contributed by atoms with Crippen LogP contribution in [0.3, 0.4) is 0 Å². The van der Waals surface area contributed by atoms with Crippen LogP contribution in [-0.4, -0.2) is 7.11 Å². The molecule has 0 bridgehead atoms. The summed E-state index contributed by atoms with van der Waals surface area (Å²) in [6.45, 7) is 4.53. The quantitative estimate of drug-likeness (QED) is 0.711. The summed E-state index contributed by atoms with van der Waals surface area (Å²) in [6, 6.07) is 14.9. The Labute approximate surface area is 102 Å². The summed E-state index contributed by atoms with van der Waals surface area (Å²) < 4.78 is 5.52. The van der Waals surface area contributed by atoms with Gasteiger partial charge in [0.1, 0.15) is 5.75 Å². The molecule has 1 aliphatic carbocycles. The van der Waals surface area contributed by atoms with Crippen LogP contribution in [-0.2, 0) is 5.41 Å². The predicted octanol–water partition coefficient (Wildman–Crippen LogP) is 4.00. The Morgan fingerprint density at radius 3 is 2.35 bits per heavy atom. The summed E-state index contributed by atoms with van der Waals surface area (Å²) in [4.78, 5) is 0. The third kappa shape index (κ3) is 1.25. The third-order valence-electron chi connectivity index (χ3n) is 3.76. The van der Waals surface area contributed by atoms with Crippen molar-refractivity contribution in [2.24, 2.45) is 0 Å². The van der Waals surface area contributed by atoms with Crippen molar-refractivity contribution >= 4 is 0 Å². The second-order valence-electron chi connectivity index (χ2n) is 5.05. The minimum absolute atomic E-state index is 0.0263. The van der Waals surface area contributed by atoms with Crippen molar-refractivity contribution in [3.05, 3.63) is 53.6 Å². The Kier molecular flexibility index (Phi) is 2.06. The van der Waals surface area contributed by atoms with Crippen molar-refractivity contribution in [3.63, 3.8) is 0 Å². The molecule has 0 spiro atoms. The SMILES string of the molecule is COc1cccc2c1C(C)(C)c1ccccc1-2. The lowest BCUT2D eigenvalue weighted by molar-refractivity contribution is 0.403. The molecule has 1 nitrogen and oxygen atoms in total. The van der Waals surface area contributed by atoms with Crippen LogP contribution in [0.5, 0.6) is 5.75 Å². The summed E-state index contributed by atoms with van der Waals surface area (Å²) in [5, 5.41) is 0. The van der Waals surface area contributed by atoms with Crippen LogP contribution in [0.15, 0.2) is 42.5 Å². The zero-order valence-electron chi connectivity index (χ0n) is 10.4. The zero-order valence-corrected chi connectivity index (χ0v) is 10.4.